The standard InChI is InChI=1S/C3H7Cl.C2H6O/c1-3(2)4;1-2-3/h3H,1-2H3;3H,2H2,1H3. The molecule has 0 aromatic carbocycles. The average molecular weight is 125 g/mol. The Kier molecular flexibility index (Phi) is 14.0. The highest BCUT2D eigenvalue weighted by atomic mass is 35.5. The Labute approximate surface area is 50.3 Å². The molecule has 0 aliphatic rings. The Morgan fingerprint density at radius 2 is 1.57 bits per heavy atom. The van der Waals surface area contributed by atoms with Crippen LogP contribution in [0.15, 0.2) is 0 Å². The fraction of sp³-hybridized carbons (Fsp3) is 1.00. The summed E-state index contributed by atoms with van der Waals surface area (Å²) in [6, 6.07) is 0. The molecule has 1 N–H and O–H groups in total. The van der Waals surface area contributed by atoms with E-state index in [0.717, 1.165) is 0 Å². The number of aliphatic hydroxyl groups is 1. The maximum Gasteiger partial charge on any atom is 0.0402 e. The second kappa shape index (κ2) is 9.54. The van der Waals surface area contributed by atoms with E-state index in [1.54, 1.807) is 6.92 Å². The van der Waals surface area contributed by atoms with Crippen LogP contribution < -0.4 is 0 Å². The van der Waals surface area contributed by atoms with E-state index in [0.29, 0.717) is 5.38 Å². The van der Waals surface area contributed by atoms with Crippen LogP contribution >= 0.6 is 11.6 Å². The molecule has 0 fully saturated rings. The van der Waals surface area contributed by atoms with Crippen molar-refractivity contribution in [3.05, 3.63) is 0 Å². The van der Waals surface area contributed by atoms with Crippen molar-refractivity contribution in [3.63, 3.8) is 0 Å². The Hall–Kier alpha value is 0.250. The maximum atomic E-state index is 7.57. The molecule has 0 aliphatic heterocycles. The van der Waals surface area contributed by atoms with Gasteiger partial charge in [0.05, 0.1) is 0 Å². The molecule has 0 amide bonds. The van der Waals surface area contributed by atoms with E-state index in [-0.39, 0.29) is 6.61 Å². The van der Waals surface area contributed by atoms with Crippen LogP contribution in [0.5, 0.6) is 0 Å². The molecule has 0 unspecified atom stereocenters. The zero-order valence-electron chi connectivity index (χ0n) is 5.11. The summed E-state index contributed by atoms with van der Waals surface area (Å²) in [4.78, 5) is 0. The number of hydrogen-bond donors (Lipinski definition) is 1. The molecule has 0 rings (SSSR count). The minimum atomic E-state index is 0.250. The van der Waals surface area contributed by atoms with Crippen molar-refractivity contribution in [2.75, 3.05) is 6.61 Å². The molecule has 0 spiro atoms. The van der Waals surface area contributed by atoms with Gasteiger partial charge in [-0.25, -0.2) is 0 Å². The molecule has 1 nitrogen and oxygen atoms in total. The molecular formula is C5H13ClO. The highest BCUT2D eigenvalue weighted by Gasteiger charge is 1.71. The molecule has 7 heavy (non-hydrogen) atoms. The Morgan fingerprint density at radius 1 is 1.57 bits per heavy atom. The average Bonchev–Trinajstić information content (AvgIpc) is 1.33. The van der Waals surface area contributed by atoms with Crippen LogP contribution in [-0.2, 0) is 0 Å². The fourth-order valence-corrected chi connectivity index (χ4v) is 0. The summed E-state index contributed by atoms with van der Waals surface area (Å²) < 4.78 is 0. The van der Waals surface area contributed by atoms with Crippen molar-refractivity contribution in [2.45, 2.75) is 26.1 Å². The lowest BCUT2D eigenvalue weighted by Crippen LogP contribution is -1.70. The highest BCUT2D eigenvalue weighted by Crippen LogP contribution is 1.84. The molecule has 46 valence electrons. The molecule has 0 heterocycles. The first-order valence-electron chi connectivity index (χ1n) is 2.40. The van der Waals surface area contributed by atoms with Gasteiger partial charge in [0.2, 0.25) is 0 Å². The summed E-state index contributed by atoms with van der Waals surface area (Å²) in [6.45, 7) is 5.79. The molecule has 0 saturated heterocycles. The SMILES string of the molecule is CC(C)Cl.CCO. The number of hydrogen-bond acceptors (Lipinski definition) is 1. The normalized spacial score (nSPS) is 7.71. The van der Waals surface area contributed by atoms with E-state index in [4.69, 9.17) is 16.7 Å². The summed E-state index contributed by atoms with van der Waals surface area (Å²) in [7, 11) is 0. The molecule has 0 bridgehead atoms. The Bertz CT molecular complexity index is 19.3. The number of halogens is 1. The van der Waals surface area contributed by atoms with Crippen LogP contribution in [0.4, 0.5) is 0 Å². The van der Waals surface area contributed by atoms with E-state index in [9.17, 15) is 0 Å². The van der Waals surface area contributed by atoms with E-state index < -0.39 is 0 Å². The van der Waals surface area contributed by atoms with E-state index in [2.05, 4.69) is 0 Å². The van der Waals surface area contributed by atoms with Crippen LogP contribution in [0.1, 0.15) is 20.8 Å². The van der Waals surface area contributed by atoms with E-state index in [1.807, 2.05) is 13.8 Å². The van der Waals surface area contributed by atoms with Gasteiger partial charge in [-0.1, -0.05) is 0 Å². The third-order valence-corrected chi connectivity index (χ3v) is 0. The van der Waals surface area contributed by atoms with Gasteiger partial charge in [0.25, 0.3) is 0 Å². The minimum Gasteiger partial charge on any atom is -0.397 e. The van der Waals surface area contributed by atoms with Gasteiger partial charge in [0.15, 0.2) is 0 Å². The van der Waals surface area contributed by atoms with Crippen LogP contribution in [-0.4, -0.2) is 17.1 Å². The molecule has 2 heteroatoms. The first-order chi connectivity index (χ1) is 3.15. The summed E-state index contributed by atoms with van der Waals surface area (Å²) in [5.74, 6) is 0. The molecule has 0 aromatic rings. The van der Waals surface area contributed by atoms with Crippen molar-refractivity contribution in [3.8, 4) is 0 Å². The molecule has 0 radical (unpaired) electrons. The van der Waals surface area contributed by atoms with Crippen LogP contribution in [0, 0.1) is 0 Å². The minimum absolute atomic E-state index is 0.250. The van der Waals surface area contributed by atoms with Gasteiger partial charge in [-0.2, -0.15) is 0 Å². The van der Waals surface area contributed by atoms with Gasteiger partial charge in [-0.3, -0.25) is 0 Å². The predicted octanol–water partition coefficient (Wildman–Crippen LogP) is 1.63. The van der Waals surface area contributed by atoms with Gasteiger partial charge in [-0.05, 0) is 20.8 Å². The summed E-state index contributed by atoms with van der Waals surface area (Å²) in [5.41, 5.74) is 0. The lowest BCUT2D eigenvalue weighted by Gasteiger charge is -1.76. The van der Waals surface area contributed by atoms with E-state index >= 15 is 0 Å². The quantitative estimate of drug-likeness (QED) is 0.487. The van der Waals surface area contributed by atoms with Crippen molar-refractivity contribution < 1.29 is 5.11 Å². The Balaban J connectivity index is 0. The number of aliphatic hydroxyl groups excluding tert-OH is 1. The zero-order chi connectivity index (χ0) is 6.28. The first kappa shape index (κ1) is 10.3. The molecule has 0 aromatic heterocycles. The van der Waals surface area contributed by atoms with Gasteiger partial charge in [-0.15, -0.1) is 11.6 Å². The predicted molar refractivity (Wildman–Crippen MR) is 33.7 cm³/mol. The van der Waals surface area contributed by atoms with Crippen LogP contribution in [0.25, 0.3) is 0 Å². The van der Waals surface area contributed by atoms with E-state index in [1.165, 1.54) is 0 Å². The molecule has 0 atom stereocenters. The van der Waals surface area contributed by atoms with Gasteiger partial charge >= 0.3 is 0 Å². The lowest BCUT2D eigenvalue weighted by molar-refractivity contribution is 0.318. The number of alkyl halides is 1. The topological polar surface area (TPSA) is 20.2 Å². The largest absolute Gasteiger partial charge is 0.397 e. The molecule has 0 saturated carbocycles. The second-order valence-corrected chi connectivity index (χ2v) is 2.20. The van der Waals surface area contributed by atoms with Crippen LogP contribution in [0.3, 0.4) is 0 Å². The Morgan fingerprint density at radius 3 is 1.57 bits per heavy atom. The summed E-state index contributed by atoms with van der Waals surface area (Å²) >= 11 is 5.27. The third kappa shape index (κ3) is 1810. The molecule has 0 aliphatic carbocycles. The van der Waals surface area contributed by atoms with Gasteiger partial charge < -0.3 is 5.11 Å². The number of rotatable bonds is 0. The van der Waals surface area contributed by atoms with Crippen molar-refractivity contribution in [2.24, 2.45) is 0 Å². The fourth-order valence-electron chi connectivity index (χ4n) is 0. The zero-order valence-corrected chi connectivity index (χ0v) is 5.87. The maximum absolute atomic E-state index is 7.57. The van der Waals surface area contributed by atoms with Gasteiger partial charge in [0.1, 0.15) is 0 Å². The van der Waals surface area contributed by atoms with Crippen LogP contribution in [0.2, 0.25) is 0 Å². The van der Waals surface area contributed by atoms with Crippen molar-refractivity contribution in [1.82, 2.24) is 0 Å². The van der Waals surface area contributed by atoms with Gasteiger partial charge in [0, 0.05) is 12.0 Å². The first-order valence-corrected chi connectivity index (χ1v) is 2.83. The third-order valence-electron chi connectivity index (χ3n) is 0. The second-order valence-electron chi connectivity index (χ2n) is 1.33. The highest BCUT2D eigenvalue weighted by molar-refractivity contribution is 6.20. The summed E-state index contributed by atoms with van der Waals surface area (Å²) in [5, 5.41) is 7.88. The molecular weight excluding hydrogens is 112 g/mol. The van der Waals surface area contributed by atoms with Crippen molar-refractivity contribution >= 4 is 11.6 Å². The summed E-state index contributed by atoms with van der Waals surface area (Å²) in [6.07, 6.45) is 0. The monoisotopic (exact) mass is 124 g/mol. The van der Waals surface area contributed by atoms with Crippen molar-refractivity contribution in [1.29, 1.82) is 0 Å². The lowest BCUT2D eigenvalue weighted by atomic mass is 10.6. The smallest absolute Gasteiger partial charge is 0.0402 e.